The van der Waals surface area contributed by atoms with Gasteiger partial charge in [0.2, 0.25) is 5.13 Å². The van der Waals surface area contributed by atoms with E-state index in [1.165, 1.54) is 16.9 Å². The second kappa shape index (κ2) is 7.14. The average Bonchev–Trinajstić information content (AvgIpc) is 2.93. The molecule has 0 aliphatic heterocycles. The molecule has 0 unspecified atom stereocenters. The number of anilines is 1. The van der Waals surface area contributed by atoms with Crippen LogP contribution in [0.25, 0.3) is 0 Å². The van der Waals surface area contributed by atoms with Gasteiger partial charge in [0.15, 0.2) is 6.61 Å². The number of rotatable bonds is 6. The average molecular weight is 306 g/mol. The molecule has 0 fully saturated rings. The highest BCUT2D eigenvalue weighted by Crippen LogP contribution is 2.20. The van der Waals surface area contributed by atoms with Gasteiger partial charge >= 0.3 is 0 Å². The number of nitrogens with zero attached hydrogens (tertiary/aromatic N) is 2. The smallest absolute Gasteiger partial charge is 0.264 e. The standard InChI is InChI=1S/C14H18N4O2S/c1-9(2)10-4-3-5-11(6-10)20-8-12(19)16-14-18-17-13(7-15)21-14/h3-6,9H,7-8,15H2,1-2H3,(H,16,18,19). The zero-order chi connectivity index (χ0) is 15.2. The van der Waals surface area contributed by atoms with Crippen molar-refractivity contribution in [2.75, 3.05) is 11.9 Å². The molecule has 1 heterocycles. The van der Waals surface area contributed by atoms with Crippen LogP contribution in [0.3, 0.4) is 0 Å². The zero-order valence-corrected chi connectivity index (χ0v) is 12.8. The molecule has 0 aliphatic rings. The maximum atomic E-state index is 11.8. The Hall–Kier alpha value is -1.99. The summed E-state index contributed by atoms with van der Waals surface area (Å²) < 4.78 is 5.48. The Kier molecular flexibility index (Phi) is 5.24. The fraction of sp³-hybridized carbons (Fsp3) is 0.357. The van der Waals surface area contributed by atoms with Gasteiger partial charge in [0.25, 0.3) is 5.91 Å². The quantitative estimate of drug-likeness (QED) is 0.853. The third kappa shape index (κ3) is 4.51. The van der Waals surface area contributed by atoms with E-state index in [1.54, 1.807) is 0 Å². The lowest BCUT2D eigenvalue weighted by molar-refractivity contribution is -0.118. The maximum Gasteiger partial charge on any atom is 0.264 e. The Morgan fingerprint density at radius 2 is 2.24 bits per heavy atom. The second-order valence-electron chi connectivity index (χ2n) is 4.77. The van der Waals surface area contributed by atoms with Crippen molar-refractivity contribution in [1.29, 1.82) is 0 Å². The summed E-state index contributed by atoms with van der Waals surface area (Å²) in [5, 5.41) is 11.4. The van der Waals surface area contributed by atoms with Crippen molar-refractivity contribution in [2.24, 2.45) is 5.73 Å². The van der Waals surface area contributed by atoms with E-state index in [0.29, 0.717) is 28.4 Å². The molecule has 6 nitrogen and oxygen atoms in total. The number of amides is 1. The lowest BCUT2D eigenvalue weighted by Crippen LogP contribution is -2.20. The summed E-state index contributed by atoms with van der Waals surface area (Å²) in [6.45, 7) is 4.46. The Balaban J connectivity index is 1.87. The first-order chi connectivity index (χ1) is 10.1. The monoisotopic (exact) mass is 306 g/mol. The molecular weight excluding hydrogens is 288 g/mol. The van der Waals surface area contributed by atoms with Gasteiger partial charge in [0, 0.05) is 6.54 Å². The van der Waals surface area contributed by atoms with Crippen LogP contribution in [0.15, 0.2) is 24.3 Å². The summed E-state index contributed by atoms with van der Waals surface area (Å²) in [6.07, 6.45) is 0. The number of carbonyl (C=O) groups is 1. The van der Waals surface area contributed by atoms with Crippen LogP contribution in [0.1, 0.15) is 30.3 Å². The molecule has 0 bridgehead atoms. The van der Waals surface area contributed by atoms with Crippen molar-refractivity contribution in [1.82, 2.24) is 10.2 Å². The minimum atomic E-state index is -0.273. The molecule has 2 aromatic rings. The first-order valence-corrected chi connectivity index (χ1v) is 7.45. The van der Waals surface area contributed by atoms with E-state index >= 15 is 0 Å². The SMILES string of the molecule is CC(C)c1cccc(OCC(=O)Nc2nnc(CN)s2)c1. The van der Waals surface area contributed by atoms with Gasteiger partial charge in [-0.2, -0.15) is 0 Å². The molecule has 0 radical (unpaired) electrons. The van der Waals surface area contributed by atoms with E-state index in [2.05, 4.69) is 29.4 Å². The normalized spacial score (nSPS) is 10.7. The number of nitrogens with one attached hydrogen (secondary N) is 1. The van der Waals surface area contributed by atoms with Gasteiger partial charge < -0.3 is 10.5 Å². The van der Waals surface area contributed by atoms with E-state index < -0.39 is 0 Å². The summed E-state index contributed by atoms with van der Waals surface area (Å²) in [7, 11) is 0. The van der Waals surface area contributed by atoms with Gasteiger partial charge in [-0.25, -0.2) is 0 Å². The Labute approximate surface area is 127 Å². The van der Waals surface area contributed by atoms with Crippen LogP contribution in [0.4, 0.5) is 5.13 Å². The molecule has 0 spiro atoms. The van der Waals surface area contributed by atoms with Crippen molar-refractivity contribution < 1.29 is 9.53 Å². The van der Waals surface area contributed by atoms with Crippen molar-refractivity contribution >= 4 is 22.4 Å². The molecule has 0 saturated heterocycles. The van der Waals surface area contributed by atoms with Crippen LogP contribution >= 0.6 is 11.3 Å². The van der Waals surface area contributed by atoms with E-state index in [1.807, 2.05) is 24.3 Å². The number of ether oxygens (including phenoxy) is 1. The number of aromatic nitrogens is 2. The highest BCUT2D eigenvalue weighted by atomic mass is 32.1. The number of carbonyl (C=O) groups excluding carboxylic acids is 1. The first kappa shape index (κ1) is 15.4. The molecule has 7 heteroatoms. The first-order valence-electron chi connectivity index (χ1n) is 6.63. The molecule has 1 aromatic heterocycles. The molecule has 2 rings (SSSR count). The van der Waals surface area contributed by atoms with Gasteiger partial charge in [0.1, 0.15) is 10.8 Å². The van der Waals surface area contributed by atoms with Gasteiger partial charge in [-0.3, -0.25) is 10.1 Å². The maximum absolute atomic E-state index is 11.8. The van der Waals surface area contributed by atoms with E-state index in [0.717, 1.165) is 0 Å². The third-order valence-electron chi connectivity index (χ3n) is 2.78. The second-order valence-corrected chi connectivity index (χ2v) is 5.83. The molecule has 112 valence electrons. The predicted molar refractivity (Wildman–Crippen MR) is 82.5 cm³/mol. The Morgan fingerprint density at radius 3 is 2.90 bits per heavy atom. The van der Waals surface area contributed by atoms with Crippen LogP contribution in [0.2, 0.25) is 0 Å². The molecule has 0 aliphatic carbocycles. The van der Waals surface area contributed by atoms with E-state index in [4.69, 9.17) is 10.5 Å². The largest absolute Gasteiger partial charge is 0.484 e. The predicted octanol–water partition coefficient (Wildman–Crippen LogP) is 2.14. The van der Waals surface area contributed by atoms with Gasteiger partial charge in [-0.05, 0) is 23.6 Å². The summed E-state index contributed by atoms with van der Waals surface area (Å²) in [6, 6.07) is 7.72. The Bertz CT molecular complexity index is 613. The van der Waals surface area contributed by atoms with E-state index in [9.17, 15) is 4.79 Å². The van der Waals surface area contributed by atoms with Gasteiger partial charge in [0.05, 0.1) is 0 Å². The molecule has 3 N–H and O–H groups in total. The number of benzene rings is 1. The van der Waals surface area contributed by atoms with Crippen LogP contribution < -0.4 is 15.8 Å². The lowest BCUT2D eigenvalue weighted by atomic mass is 10.0. The fourth-order valence-corrected chi connectivity index (χ4v) is 2.29. The number of hydrogen-bond donors (Lipinski definition) is 2. The van der Waals surface area contributed by atoms with Crippen LogP contribution in [-0.2, 0) is 11.3 Å². The molecular formula is C14H18N4O2S. The molecule has 1 aromatic carbocycles. The minimum absolute atomic E-state index is 0.0704. The molecule has 0 atom stereocenters. The molecule has 0 saturated carbocycles. The molecule has 1 amide bonds. The topological polar surface area (TPSA) is 90.1 Å². The summed E-state index contributed by atoms with van der Waals surface area (Å²) in [5.74, 6) is 0.819. The summed E-state index contributed by atoms with van der Waals surface area (Å²) in [5.41, 5.74) is 6.61. The number of nitrogens with two attached hydrogens (primary N) is 1. The minimum Gasteiger partial charge on any atom is -0.484 e. The van der Waals surface area contributed by atoms with Crippen LogP contribution in [-0.4, -0.2) is 22.7 Å². The van der Waals surface area contributed by atoms with E-state index in [-0.39, 0.29) is 12.5 Å². The van der Waals surface area contributed by atoms with Crippen LogP contribution in [0.5, 0.6) is 5.75 Å². The van der Waals surface area contributed by atoms with Crippen molar-refractivity contribution in [2.45, 2.75) is 26.3 Å². The zero-order valence-electron chi connectivity index (χ0n) is 12.0. The summed E-state index contributed by atoms with van der Waals surface area (Å²) >= 11 is 1.25. The summed E-state index contributed by atoms with van der Waals surface area (Å²) in [4.78, 5) is 11.8. The van der Waals surface area contributed by atoms with Crippen molar-refractivity contribution in [3.63, 3.8) is 0 Å². The highest BCUT2D eigenvalue weighted by Gasteiger charge is 2.08. The van der Waals surface area contributed by atoms with Crippen molar-refractivity contribution in [3.8, 4) is 5.75 Å². The van der Waals surface area contributed by atoms with Gasteiger partial charge in [-0.15, -0.1) is 10.2 Å². The lowest BCUT2D eigenvalue weighted by Gasteiger charge is -2.09. The Morgan fingerprint density at radius 1 is 1.43 bits per heavy atom. The highest BCUT2D eigenvalue weighted by molar-refractivity contribution is 7.15. The third-order valence-corrected chi connectivity index (χ3v) is 3.64. The fourth-order valence-electron chi connectivity index (χ4n) is 1.65. The van der Waals surface area contributed by atoms with Crippen LogP contribution in [0, 0.1) is 0 Å². The number of hydrogen-bond acceptors (Lipinski definition) is 6. The molecule has 21 heavy (non-hydrogen) atoms. The van der Waals surface area contributed by atoms with Gasteiger partial charge in [-0.1, -0.05) is 37.3 Å². The van der Waals surface area contributed by atoms with Crippen molar-refractivity contribution in [3.05, 3.63) is 34.8 Å².